The Balaban J connectivity index is 1.68. The van der Waals surface area contributed by atoms with Gasteiger partial charge in [0, 0.05) is 11.6 Å². The molecule has 3 aromatic rings. The van der Waals surface area contributed by atoms with Crippen molar-refractivity contribution >= 4 is 46.6 Å². The Morgan fingerprint density at radius 2 is 2.10 bits per heavy atom. The SMILES string of the molecule is C=CCn1c(SCC(=O)Nc2cc(Cl)ccc2Cl)nnc1C(C)Oc1cccc(C)c1. The van der Waals surface area contributed by atoms with Crippen LogP contribution < -0.4 is 10.1 Å². The summed E-state index contributed by atoms with van der Waals surface area (Å²) in [6.07, 6.45) is 1.42. The molecule has 0 radical (unpaired) electrons. The quantitative estimate of drug-likeness (QED) is 0.305. The van der Waals surface area contributed by atoms with E-state index in [-0.39, 0.29) is 17.8 Å². The van der Waals surface area contributed by atoms with Crippen LogP contribution in [0.15, 0.2) is 60.3 Å². The summed E-state index contributed by atoms with van der Waals surface area (Å²) in [5.74, 6) is 1.31. The third-order valence-corrected chi connectivity index (χ3v) is 5.79. The number of benzene rings is 2. The van der Waals surface area contributed by atoms with Gasteiger partial charge in [-0.2, -0.15) is 0 Å². The van der Waals surface area contributed by atoms with Crippen LogP contribution in [-0.4, -0.2) is 26.4 Å². The lowest BCUT2D eigenvalue weighted by atomic mass is 10.2. The highest BCUT2D eigenvalue weighted by molar-refractivity contribution is 7.99. The summed E-state index contributed by atoms with van der Waals surface area (Å²) in [7, 11) is 0. The van der Waals surface area contributed by atoms with Crippen LogP contribution in [0.25, 0.3) is 0 Å². The molecular weight excluding hydrogens is 455 g/mol. The summed E-state index contributed by atoms with van der Waals surface area (Å²) in [5.41, 5.74) is 1.58. The predicted molar refractivity (Wildman–Crippen MR) is 126 cm³/mol. The van der Waals surface area contributed by atoms with Crippen molar-refractivity contribution in [3.63, 3.8) is 0 Å². The number of aryl methyl sites for hydroxylation is 1. The van der Waals surface area contributed by atoms with Gasteiger partial charge < -0.3 is 10.1 Å². The Morgan fingerprint density at radius 3 is 2.84 bits per heavy atom. The molecule has 6 nitrogen and oxygen atoms in total. The molecule has 2 aromatic carbocycles. The number of hydrogen-bond acceptors (Lipinski definition) is 5. The first-order valence-electron chi connectivity index (χ1n) is 9.52. The third kappa shape index (κ3) is 6.26. The summed E-state index contributed by atoms with van der Waals surface area (Å²) in [6.45, 7) is 8.22. The van der Waals surface area contributed by atoms with E-state index in [1.54, 1.807) is 24.3 Å². The van der Waals surface area contributed by atoms with Gasteiger partial charge in [-0.05, 0) is 49.7 Å². The topological polar surface area (TPSA) is 69.0 Å². The van der Waals surface area contributed by atoms with Crippen LogP contribution in [0.2, 0.25) is 10.0 Å². The van der Waals surface area contributed by atoms with E-state index in [0.29, 0.717) is 33.3 Å². The molecule has 1 aromatic heterocycles. The van der Waals surface area contributed by atoms with E-state index in [4.69, 9.17) is 27.9 Å². The molecule has 0 saturated carbocycles. The van der Waals surface area contributed by atoms with Crippen molar-refractivity contribution in [2.45, 2.75) is 31.7 Å². The summed E-state index contributed by atoms with van der Waals surface area (Å²) in [6, 6.07) is 12.7. The molecule has 0 bridgehead atoms. The molecule has 0 spiro atoms. The molecule has 0 aliphatic heterocycles. The van der Waals surface area contributed by atoms with E-state index >= 15 is 0 Å². The van der Waals surface area contributed by atoms with E-state index in [1.165, 1.54) is 11.8 Å². The number of rotatable bonds is 9. The zero-order valence-electron chi connectivity index (χ0n) is 17.1. The number of nitrogens with zero attached hydrogens (tertiary/aromatic N) is 3. The first kappa shape index (κ1) is 23.2. The highest BCUT2D eigenvalue weighted by atomic mass is 35.5. The smallest absolute Gasteiger partial charge is 0.234 e. The number of anilines is 1. The standard InChI is InChI=1S/C22H22Cl2N4O2S/c1-4-10-28-21(15(3)30-17-7-5-6-14(2)11-17)26-27-22(28)31-13-20(29)25-19-12-16(23)8-9-18(19)24/h4-9,11-12,15H,1,10,13H2,2-3H3,(H,25,29). The summed E-state index contributed by atoms with van der Waals surface area (Å²) in [4.78, 5) is 12.4. The van der Waals surface area contributed by atoms with E-state index < -0.39 is 0 Å². The zero-order chi connectivity index (χ0) is 22.4. The largest absolute Gasteiger partial charge is 0.483 e. The molecule has 1 amide bonds. The molecule has 1 unspecified atom stereocenters. The summed E-state index contributed by atoms with van der Waals surface area (Å²) < 4.78 is 7.92. The van der Waals surface area contributed by atoms with Crippen molar-refractivity contribution in [3.8, 4) is 5.75 Å². The molecule has 31 heavy (non-hydrogen) atoms. The van der Waals surface area contributed by atoms with E-state index in [0.717, 1.165) is 11.3 Å². The van der Waals surface area contributed by atoms with Gasteiger partial charge in [0.2, 0.25) is 5.91 Å². The van der Waals surface area contributed by atoms with Gasteiger partial charge >= 0.3 is 0 Å². The molecule has 0 aliphatic carbocycles. The highest BCUT2D eigenvalue weighted by Crippen LogP contribution is 2.27. The molecular formula is C22H22Cl2N4O2S. The second kappa shape index (κ2) is 10.7. The number of aromatic nitrogens is 3. The monoisotopic (exact) mass is 476 g/mol. The van der Waals surface area contributed by atoms with Crippen LogP contribution in [-0.2, 0) is 11.3 Å². The number of carbonyl (C=O) groups is 1. The minimum Gasteiger partial charge on any atom is -0.483 e. The van der Waals surface area contributed by atoms with E-state index in [9.17, 15) is 4.79 Å². The van der Waals surface area contributed by atoms with Gasteiger partial charge in [0.15, 0.2) is 17.1 Å². The number of allylic oxidation sites excluding steroid dienone is 1. The minimum absolute atomic E-state index is 0.130. The third-order valence-electron chi connectivity index (χ3n) is 4.26. The first-order chi connectivity index (χ1) is 14.9. The van der Waals surface area contributed by atoms with Crippen molar-refractivity contribution < 1.29 is 9.53 Å². The molecule has 162 valence electrons. The molecule has 1 heterocycles. The molecule has 3 rings (SSSR count). The Bertz CT molecular complexity index is 1090. The maximum Gasteiger partial charge on any atom is 0.234 e. The van der Waals surface area contributed by atoms with Gasteiger partial charge in [0.1, 0.15) is 5.75 Å². The summed E-state index contributed by atoms with van der Waals surface area (Å²) >= 11 is 13.3. The van der Waals surface area contributed by atoms with Crippen molar-refractivity contribution in [2.75, 3.05) is 11.1 Å². The molecule has 0 fully saturated rings. The normalized spacial score (nSPS) is 11.7. The van der Waals surface area contributed by atoms with Gasteiger partial charge in [-0.3, -0.25) is 9.36 Å². The van der Waals surface area contributed by atoms with Crippen molar-refractivity contribution in [3.05, 3.63) is 76.6 Å². The molecule has 1 atom stereocenters. The minimum atomic E-state index is -0.331. The van der Waals surface area contributed by atoms with Gasteiger partial charge in [-0.15, -0.1) is 16.8 Å². The lowest BCUT2D eigenvalue weighted by Crippen LogP contribution is -2.16. The fourth-order valence-corrected chi connectivity index (χ4v) is 3.96. The van der Waals surface area contributed by atoms with Crippen LogP contribution in [0.5, 0.6) is 5.75 Å². The fraction of sp³-hybridized carbons (Fsp3) is 0.227. The molecule has 0 saturated heterocycles. The lowest BCUT2D eigenvalue weighted by molar-refractivity contribution is -0.113. The Labute approximate surface area is 195 Å². The number of ether oxygens (including phenoxy) is 1. The van der Waals surface area contributed by atoms with Gasteiger partial charge in [-0.25, -0.2) is 0 Å². The highest BCUT2D eigenvalue weighted by Gasteiger charge is 2.20. The predicted octanol–water partition coefficient (Wildman–Crippen LogP) is 5.95. The number of amides is 1. The molecule has 0 aliphatic rings. The van der Waals surface area contributed by atoms with Crippen molar-refractivity contribution in [2.24, 2.45) is 0 Å². The maximum absolute atomic E-state index is 12.4. The van der Waals surface area contributed by atoms with Crippen LogP contribution in [0, 0.1) is 6.92 Å². The zero-order valence-corrected chi connectivity index (χ0v) is 19.5. The first-order valence-corrected chi connectivity index (χ1v) is 11.3. The van der Waals surface area contributed by atoms with Crippen LogP contribution in [0.4, 0.5) is 5.69 Å². The Hall–Kier alpha value is -2.48. The van der Waals surface area contributed by atoms with Crippen molar-refractivity contribution in [1.29, 1.82) is 0 Å². The van der Waals surface area contributed by atoms with E-state index in [1.807, 2.05) is 42.7 Å². The number of carbonyl (C=O) groups excluding carboxylic acids is 1. The Morgan fingerprint density at radius 1 is 1.29 bits per heavy atom. The number of hydrogen-bond donors (Lipinski definition) is 1. The second-order valence-electron chi connectivity index (χ2n) is 6.78. The molecule has 1 N–H and O–H groups in total. The van der Waals surface area contributed by atoms with Crippen molar-refractivity contribution in [1.82, 2.24) is 14.8 Å². The maximum atomic E-state index is 12.4. The summed E-state index contributed by atoms with van der Waals surface area (Å²) in [5, 5.41) is 12.8. The fourth-order valence-electron chi connectivity index (χ4n) is 2.86. The number of nitrogens with one attached hydrogen (secondary N) is 1. The van der Waals surface area contributed by atoms with Gasteiger partial charge in [0.05, 0.1) is 16.5 Å². The van der Waals surface area contributed by atoms with Gasteiger partial charge in [-0.1, -0.05) is 53.2 Å². The van der Waals surface area contributed by atoms with Crippen LogP contribution in [0.1, 0.15) is 24.4 Å². The average molecular weight is 477 g/mol. The van der Waals surface area contributed by atoms with Crippen LogP contribution in [0.3, 0.4) is 0 Å². The van der Waals surface area contributed by atoms with E-state index in [2.05, 4.69) is 22.1 Å². The number of halogens is 2. The Kier molecular flexibility index (Phi) is 8.01. The van der Waals surface area contributed by atoms with Crippen LogP contribution >= 0.6 is 35.0 Å². The number of thioether (sulfide) groups is 1. The van der Waals surface area contributed by atoms with Gasteiger partial charge in [0.25, 0.3) is 0 Å². The lowest BCUT2D eigenvalue weighted by Gasteiger charge is -2.16. The second-order valence-corrected chi connectivity index (χ2v) is 8.56. The molecule has 9 heteroatoms. The average Bonchev–Trinajstić information content (AvgIpc) is 3.12.